The fraction of sp³-hybridized carbons (Fsp3) is 0.235. The Bertz CT molecular complexity index is 781. The smallest absolute Gasteiger partial charge is 0.128 e. The predicted molar refractivity (Wildman–Crippen MR) is 84.8 cm³/mol. The molecule has 0 bridgehead atoms. The molecule has 0 atom stereocenters. The average molecular weight is 294 g/mol. The third-order valence-electron chi connectivity index (χ3n) is 3.74. The summed E-state index contributed by atoms with van der Waals surface area (Å²) in [5, 5.41) is 4.42. The van der Waals surface area contributed by atoms with Crippen molar-refractivity contribution in [2.75, 3.05) is 7.11 Å². The Morgan fingerprint density at radius 2 is 1.86 bits per heavy atom. The molecule has 0 N–H and O–H groups in total. The Labute approximate surface area is 129 Å². The van der Waals surface area contributed by atoms with Crippen LogP contribution in [0.5, 0.6) is 5.75 Å². The second-order valence-corrected chi connectivity index (χ2v) is 5.16. The molecule has 3 rings (SSSR count). The van der Waals surface area contributed by atoms with Gasteiger partial charge in [0.2, 0.25) is 0 Å². The number of aromatic nitrogens is 4. The molecule has 22 heavy (non-hydrogen) atoms. The lowest BCUT2D eigenvalue weighted by Crippen LogP contribution is -2.08. The van der Waals surface area contributed by atoms with E-state index in [4.69, 9.17) is 4.74 Å². The van der Waals surface area contributed by atoms with Crippen LogP contribution >= 0.6 is 0 Å². The molecule has 0 radical (unpaired) electrons. The third kappa shape index (κ3) is 2.57. The molecule has 5 nitrogen and oxygen atoms in total. The molecule has 0 unspecified atom stereocenters. The summed E-state index contributed by atoms with van der Waals surface area (Å²) in [4.78, 5) is 8.60. The molecule has 0 saturated carbocycles. The maximum absolute atomic E-state index is 5.47. The monoisotopic (exact) mass is 294 g/mol. The Balaban J connectivity index is 1.97. The topological polar surface area (TPSA) is 52.8 Å². The molecule has 5 heteroatoms. The van der Waals surface area contributed by atoms with E-state index in [1.807, 2.05) is 42.9 Å². The van der Waals surface area contributed by atoms with Gasteiger partial charge in [-0.05, 0) is 32.0 Å². The number of pyridine rings is 2. The zero-order chi connectivity index (χ0) is 15.5. The Morgan fingerprint density at radius 1 is 1.09 bits per heavy atom. The lowest BCUT2D eigenvalue weighted by molar-refractivity contribution is 0.406. The van der Waals surface area contributed by atoms with Crippen LogP contribution in [0.15, 0.2) is 43.0 Å². The normalized spacial score (nSPS) is 10.7. The zero-order valence-corrected chi connectivity index (χ0v) is 12.9. The third-order valence-corrected chi connectivity index (χ3v) is 3.74. The quantitative estimate of drug-likeness (QED) is 0.742. The maximum atomic E-state index is 5.47. The first-order valence-electron chi connectivity index (χ1n) is 7.12. The van der Waals surface area contributed by atoms with Crippen molar-refractivity contribution in [3.8, 4) is 17.0 Å². The minimum atomic E-state index is 0.604. The summed E-state index contributed by atoms with van der Waals surface area (Å²) in [7, 11) is 1.69. The fourth-order valence-corrected chi connectivity index (χ4v) is 2.60. The van der Waals surface area contributed by atoms with E-state index in [0.717, 1.165) is 33.8 Å². The molecule has 3 aromatic rings. The first-order valence-corrected chi connectivity index (χ1v) is 7.12. The summed E-state index contributed by atoms with van der Waals surface area (Å²) in [5.41, 5.74) is 5.19. The first-order chi connectivity index (χ1) is 10.7. The highest BCUT2D eigenvalue weighted by molar-refractivity contribution is 5.58. The molecule has 3 aromatic heterocycles. The van der Waals surface area contributed by atoms with Gasteiger partial charge in [-0.15, -0.1) is 0 Å². The summed E-state index contributed by atoms with van der Waals surface area (Å²) >= 11 is 0. The molecule has 3 heterocycles. The van der Waals surface area contributed by atoms with Crippen molar-refractivity contribution < 1.29 is 4.74 Å². The molecule has 0 aliphatic carbocycles. The van der Waals surface area contributed by atoms with Gasteiger partial charge in [-0.1, -0.05) is 0 Å². The Hall–Kier alpha value is -2.69. The van der Waals surface area contributed by atoms with Gasteiger partial charge >= 0.3 is 0 Å². The number of methoxy groups -OCH3 is 1. The van der Waals surface area contributed by atoms with Gasteiger partial charge in [-0.25, -0.2) is 0 Å². The molecule has 0 saturated heterocycles. The van der Waals surface area contributed by atoms with E-state index in [1.54, 1.807) is 25.7 Å². The van der Waals surface area contributed by atoms with Crippen LogP contribution in [0, 0.1) is 13.8 Å². The number of nitrogens with zero attached hydrogens (tertiary/aromatic N) is 4. The predicted octanol–water partition coefficient (Wildman–Crippen LogP) is 3.01. The van der Waals surface area contributed by atoms with Crippen LogP contribution in [-0.2, 0) is 6.54 Å². The van der Waals surface area contributed by atoms with Crippen LogP contribution in [0.3, 0.4) is 0 Å². The molecular weight excluding hydrogens is 276 g/mol. The number of hydrogen-bond acceptors (Lipinski definition) is 4. The highest BCUT2D eigenvalue weighted by Gasteiger charge is 2.12. The van der Waals surface area contributed by atoms with Crippen molar-refractivity contribution in [1.82, 2.24) is 19.7 Å². The van der Waals surface area contributed by atoms with Crippen LogP contribution in [0.4, 0.5) is 0 Å². The number of hydrogen-bond donors (Lipinski definition) is 0. The molecule has 0 amide bonds. The summed E-state index contributed by atoms with van der Waals surface area (Å²) < 4.78 is 7.42. The van der Waals surface area contributed by atoms with Crippen LogP contribution < -0.4 is 4.74 Å². The van der Waals surface area contributed by atoms with Crippen molar-refractivity contribution in [3.05, 3.63) is 59.8 Å². The standard InChI is InChI=1S/C17H18N4O/c1-12-10-19-15(13(2)17(12)22-3)11-21-16(6-9-20-21)14-4-7-18-8-5-14/h4-10H,11H2,1-3H3. The highest BCUT2D eigenvalue weighted by atomic mass is 16.5. The van der Waals surface area contributed by atoms with Crippen LogP contribution in [0.2, 0.25) is 0 Å². The molecule has 0 aliphatic rings. The van der Waals surface area contributed by atoms with E-state index in [9.17, 15) is 0 Å². The lowest BCUT2D eigenvalue weighted by atomic mass is 10.1. The van der Waals surface area contributed by atoms with Crippen molar-refractivity contribution >= 4 is 0 Å². The van der Waals surface area contributed by atoms with Crippen molar-refractivity contribution in [2.45, 2.75) is 20.4 Å². The summed E-state index contributed by atoms with van der Waals surface area (Å²) in [6, 6.07) is 5.95. The van der Waals surface area contributed by atoms with Gasteiger partial charge in [0.25, 0.3) is 0 Å². The summed E-state index contributed by atoms with van der Waals surface area (Å²) in [5.74, 6) is 0.891. The van der Waals surface area contributed by atoms with Gasteiger partial charge in [-0.2, -0.15) is 5.10 Å². The van der Waals surface area contributed by atoms with Gasteiger partial charge in [0, 0.05) is 41.5 Å². The van der Waals surface area contributed by atoms with E-state index in [0.29, 0.717) is 6.54 Å². The maximum Gasteiger partial charge on any atom is 0.128 e. The Morgan fingerprint density at radius 3 is 2.59 bits per heavy atom. The van der Waals surface area contributed by atoms with E-state index < -0.39 is 0 Å². The van der Waals surface area contributed by atoms with Crippen molar-refractivity contribution in [3.63, 3.8) is 0 Å². The van der Waals surface area contributed by atoms with Gasteiger partial charge < -0.3 is 4.74 Å². The lowest BCUT2D eigenvalue weighted by Gasteiger charge is -2.13. The molecular formula is C17H18N4O. The molecule has 0 spiro atoms. The van der Waals surface area contributed by atoms with E-state index in [-0.39, 0.29) is 0 Å². The van der Waals surface area contributed by atoms with Gasteiger partial charge in [0.15, 0.2) is 0 Å². The molecule has 112 valence electrons. The SMILES string of the molecule is COc1c(C)cnc(Cn2nccc2-c2ccncc2)c1C. The average Bonchev–Trinajstić information content (AvgIpc) is 3.00. The van der Waals surface area contributed by atoms with E-state index in [2.05, 4.69) is 15.1 Å². The van der Waals surface area contributed by atoms with Crippen molar-refractivity contribution in [1.29, 1.82) is 0 Å². The highest BCUT2D eigenvalue weighted by Crippen LogP contribution is 2.25. The largest absolute Gasteiger partial charge is 0.496 e. The first kappa shape index (κ1) is 14.3. The second-order valence-electron chi connectivity index (χ2n) is 5.16. The number of ether oxygens (including phenoxy) is 1. The van der Waals surface area contributed by atoms with Gasteiger partial charge in [0.1, 0.15) is 5.75 Å². The van der Waals surface area contributed by atoms with Crippen LogP contribution in [0.25, 0.3) is 11.3 Å². The molecule has 0 aromatic carbocycles. The van der Waals surface area contributed by atoms with Crippen molar-refractivity contribution in [2.24, 2.45) is 0 Å². The van der Waals surface area contributed by atoms with Gasteiger partial charge in [-0.3, -0.25) is 14.6 Å². The summed E-state index contributed by atoms with van der Waals surface area (Å²) in [6.07, 6.45) is 7.21. The molecule has 0 fully saturated rings. The minimum Gasteiger partial charge on any atom is -0.496 e. The van der Waals surface area contributed by atoms with Gasteiger partial charge in [0.05, 0.1) is 25.0 Å². The fourth-order valence-electron chi connectivity index (χ4n) is 2.60. The number of rotatable bonds is 4. The second kappa shape index (κ2) is 5.97. The Kier molecular flexibility index (Phi) is 3.87. The van der Waals surface area contributed by atoms with Crippen LogP contribution in [0.1, 0.15) is 16.8 Å². The zero-order valence-electron chi connectivity index (χ0n) is 12.9. The minimum absolute atomic E-state index is 0.604. The van der Waals surface area contributed by atoms with Crippen LogP contribution in [-0.4, -0.2) is 26.9 Å². The van der Waals surface area contributed by atoms with E-state index in [1.165, 1.54) is 0 Å². The van der Waals surface area contributed by atoms with E-state index >= 15 is 0 Å². The summed E-state index contributed by atoms with van der Waals surface area (Å²) in [6.45, 7) is 4.63. The molecule has 0 aliphatic heterocycles. The number of aryl methyl sites for hydroxylation is 1.